The third-order valence-corrected chi connectivity index (χ3v) is 4.69. The molecule has 5 heteroatoms. The number of imidazole rings is 1. The summed E-state index contributed by atoms with van der Waals surface area (Å²) in [6.45, 7) is 4.12. The molecule has 1 aromatic rings. The fourth-order valence-corrected chi connectivity index (χ4v) is 3.65. The Balaban J connectivity index is 2.08. The molecule has 2 rings (SSSR count). The van der Waals surface area contributed by atoms with Gasteiger partial charge < -0.3 is 9.88 Å². The standard InChI is InChI=1S/C14H25N3OS/c1-11-9-17(12(2)10-19(3)18)14(15-11)16-13-7-5-4-6-8-13/h9,12-13H,4-8,10H2,1-3H3,(H,15,16). The van der Waals surface area contributed by atoms with Crippen LogP contribution in [0, 0.1) is 6.92 Å². The van der Waals surface area contributed by atoms with Gasteiger partial charge in [0.25, 0.3) is 0 Å². The molecule has 1 aromatic heterocycles. The summed E-state index contributed by atoms with van der Waals surface area (Å²) in [6.07, 6.45) is 10.3. The minimum absolute atomic E-state index is 0.220. The Morgan fingerprint density at radius 2 is 2.16 bits per heavy atom. The van der Waals surface area contributed by atoms with Gasteiger partial charge in [0.15, 0.2) is 0 Å². The van der Waals surface area contributed by atoms with Gasteiger partial charge in [0.05, 0.1) is 5.69 Å². The Morgan fingerprint density at radius 1 is 1.47 bits per heavy atom. The smallest absolute Gasteiger partial charge is 0.203 e. The minimum atomic E-state index is -0.778. The predicted molar refractivity (Wildman–Crippen MR) is 81.1 cm³/mol. The summed E-state index contributed by atoms with van der Waals surface area (Å²) in [4.78, 5) is 4.59. The van der Waals surface area contributed by atoms with Crippen molar-refractivity contribution < 1.29 is 4.21 Å². The van der Waals surface area contributed by atoms with Crippen molar-refractivity contribution in [2.24, 2.45) is 0 Å². The lowest BCUT2D eigenvalue weighted by molar-refractivity contribution is 0.457. The Hall–Kier alpha value is -0.840. The summed E-state index contributed by atoms with van der Waals surface area (Å²) >= 11 is 0. The quantitative estimate of drug-likeness (QED) is 0.904. The maximum atomic E-state index is 11.4. The number of nitrogens with zero attached hydrogens (tertiary/aromatic N) is 2. The first-order chi connectivity index (χ1) is 9.06. The van der Waals surface area contributed by atoms with Gasteiger partial charge in [0.2, 0.25) is 5.95 Å². The van der Waals surface area contributed by atoms with Crippen molar-refractivity contribution in [3.05, 3.63) is 11.9 Å². The zero-order valence-corrected chi connectivity index (χ0v) is 13.0. The maximum absolute atomic E-state index is 11.4. The molecule has 2 atom stereocenters. The normalized spacial score (nSPS) is 20.2. The lowest BCUT2D eigenvalue weighted by atomic mass is 9.96. The van der Waals surface area contributed by atoms with Crippen molar-refractivity contribution in [1.29, 1.82) is 0 Å². The third-order valence-electron chi connectivity index (χ3n) is 3.74. The lowest BCUT2D eigenvalue weighted by Crippen LogP contribution is -2.25. The highest BCUT2D eigenvalue weighted by Crippen LogP contribution is 2.23. The van der Waals surface area contributed by atoms with Crippen LogP contribution in [-0.4, -0.2) is 31.8 Å². The molecule has 0 saturated heterocycles. The van der Waals surface area contributed by atoms with E-state index in [2.05, 4.69) is 28.0 Å². The number of rotatable bonds is 5. The van der Waals surface area contributed by atoms with E-state index in [0.717, 1.165) is 11.6 Å². The molecule has 1 heterocycles. The summed E-state index contributed by atoms with van der Waals surface area (Å²) in [5.74, 6) is 1.62. The Kier molecular flexibility index (Phi) is 5.02. The van der Waals surface area contributed by atoms with Crippen LogP contribution in [0.3, 0.4) is 0 Å². The lowest BCUT2D eigenvalue weighted by Gasteiger charge is -2.25. The molecule has 1 N–H and O–H groups in total. The number of anilines is 1. The molecule has 4 nitrogen and oxygen atoms in total. The van der Waals surface area contributed by atoms with Gasteiger partial charge in [-0.1, -0.05) is 19.3 Å². The summed E-state index contributed by atoms with van der Waals surface area (Å²) in [5, 5.41) is 3.58. The number of aryl methyl sites for hydroxylation is 1. The second kappa shape index (κ2) is 6.55. The summed E-state index contributed by atoms with van der Waals surface area (Å²) in [6, 6.07) is 0.770. The number of hydrogen-bond acceptors (Lipinski definition) is 3. The van der Waals surface area contributed by atoms with Crippen LogP contribution >= 0.6 is 0 Å². The van der Waals surface area contributed by atoms with E-state index >= 15 is 0 Å². The molecule has 0 bridgehead atoms. The first kappa shape index (κ1) is 14.6. The van der Waals surface area contributed by atoms with Gasteiger partial charge >= 0.3 is 0 Å². The molecular formula is C14H25N3OS. The molecule has 1 aliphatic carbocycles. The van der Waals surface area contributed by atoms with Gasteiger partial charge in [-0.25, -0.2) is 4.98 Å². The first-order valence-electron chi connectivity index (χ1n) is 7.18. The van der Waals surface area contributed by atoms with E-state index in [4.69, 9.17) is 0 Å². The maximum Gasteiger partial charge on any atom is 0.203 e. The van der Waals surface area contributed by atoms with E-state index in [-0.39, 0.29) is 6.04 Å². The average Bonchev–Trinajstić information content (AvgIpc) is 2.71. The van der Waals surface area contributed by atoms with Crippen LogP contribution < -0.4 is 5.32 Å². The van der Waals surface area contributed by atoms with Gasteiger partial charge in [0.1, 0.15) is 0 Å². The van der Waals surface area contributed by atoms with E-state index < -0.39 is 10.8 Å². The highest BCUT2D eigenvalue weighted by molar-refractivity contribution is 7.84. The minimum Gasteiger partial charge on any atom is -0.353 e. The van der Waals surface area contributed by atoms with E-state index in [1.807, 2.05) is 6.92 Å². The summed E-state index contributed by atoms with van der Waals surface area (Å²) < 4.78 is 13.5. The summed E-state index contributed by atoms with van der Waals surface area (Å²) in [7, 11) is -0.778. The van der Waals surface area contributed by atoms with Crippen LogP contribution in [0.25, 0.3) is 0 Å². The van der Waals surface area contributed by atoms with Gasteiger partial charge in [0, 0.05) is 41.1 Å². The first-order valence-corrected chi connectivity index (χ1v) is 8.91. The molecular weight excluding hydrogens is 258 g/mol. The van der Waals surface area contributed by atoms with Crippen molar-refractivity contribution in [2.45, 2.75) is 58.0 Å². The fraction of sp³-hybridized carbons (Fsp3) is 0.786. The van der Waals surface area contributed by atoms with Crippen molar-refractivity contribution in [3.63, 3.8) is 0 Å². The van der Waals surface area contributed by atoms with Crippen LogP contribution in [0.4, 0.5) is 5.95 Å². The Morgan fingerprint density at radius 3 is 2.79 bits per heavy atom. The van der Waals surface area contributed by atoms with Gasteiger partial charge in [-0.05, 0) is 26.7 Å². The number of aromatic nitrogens is 2. The zero-order chi connectivity index (χ0) is 13.8. The fourth-order valence-electron chi connectivity index (χ4n) is 2.81. The molecule has 0 aromatic carbocycles. The number of hydrogen-bond donors (Lipinski definition) is 1. The van der Waals surface area contributed by atoms with Crippen LogP contribution in [-0.2, 0) is 10.8 Å². The Bertz CT molecular complexity index is 438. The van der Waals surface area contributed by atoms with Crippen LogP contribution in [0.1, 0.15) is 50.8 Å². The second-order valence-corrected chi connectivity index (χ2v) is 7.16. The summed E-state index contributed by atoms with van der Waals surface area (Å²) in [5.41, 5.74) is 1.02. The van der Waals surface area contributed by atoms with Crippen molar-refractivity contribution >= 4 is 16.7 Å². The highest BCUT2D eigenvalue weighted by atomic mass is 32.2. The monoisotopic (exact) mass is 283 g/mol. The topological polar surface area (TPSA) is 46.9 Å². The molecule has 1 fully saturated rings. The average molecular weight is 283 g/mol. The van der Waals surface area contributed by atoms with Crippen LogP contribution in [0.2, 0.25) is 0 Å². The van der Waals surface area contributed by atoms with Gasteiger partial charge in [-0.3, -0.25) is 4.21 Å². The molecule has 0 radical (unpaired) electrons. The molecule has 1 saturated carbocycles. The van der Waals surface area contributed by atoms with Gasteiger partial charge in [-0.15, -0.1) is 0 Å². The van der Waals surface area contributed by atoms with Crippen LogP contribution in [0.5, 0.6) is 0 Å². The molecule has 0 spiro atoms. The van der Waals surface area contributed by atoms with E-state index in [0.29, 0.717) is 11.8 Å². The molecule has 2 unspecified atom stereocenters. The predicted octanol–water partition coefficient (Wildman–Crippen LogP) is 2.88. The molecule has 0 aliphatic heterocycles. The van der Waals surface area contributed by atoms with Crippen molar-refractivity contribution in [3.8, 4) is 0 Å². The van der Waals surface area contributed by atoms with E-state index in [1.165, 1.54) is 32.1 Å². The molecule has 108 valence electrons. The van der Waals surface area contributed by atoms with E-state index in [1.54, 1.807) is 6.26 Å². The molecule has 19 heavy (non-hydrogen) atoms. The van der Waals surface area contributed by atoms with Crippen LogP contribution in [0.15, 0.2) is 6.20 Å². The largest absolute Gasteiger partial charge is 0.353 e. The molecule has 0 amide bonds. The molecule has 1 aliphatic rings. The Labute approximate surface area is 118 Å². The van der Waals surface area contributed by atoms with E-state index in [9.17, 15) is 4.21 Å². The van der Waals surface area contributed by atoms with Gasteiger partial charge in [-0.2, -0.15) is 0 Å². The van der Waals surface area contributed by atoms with Crippen molar-refractivity contribution in [1.82, 2.24) is 9.55 Å². The highest BCUT2D eigenvalue weighted by Gasteiger charge is 2.18. The van der Waals surface area contributed by atoms with Crippen molar-refractivity contribution in [2.75, 3.05) is 17.3 Å². The second-order valence-electron chi connectivity index (χ2n) is 5.68. The number of nitrogens with one attached hydrogen (secondary N) is 1. The third kappa shape index (κ3) is 4.06. The SMILES string of the molecule is Cc1cn(C(C)CS(C)=O)c(NC2CCCCC2)n1. The zero-order valence-electron chi connectivity index (χ0n) is 12.2.